The minimum atomic E-state index is -4.02. The fourth-order valence-corrected chi connectivity index (χ4v) is 6.33. The molecule has 1 amide bonds. The topological polar surface area (TPSA) is 102 Å². The van der Waals surface area contributed by atoms with Crippen LogP contribution in [-0.2, 0) is 27.6 Å². The van der Waals surface area contributed by atoms with Crippen LogP contribution in [0.25, 0.3) is 11.0 Å². The molecule has 35 heavy (non-hydrogen) atoms. The lowest BCUT2D eigenvalue weighted by molar-refractivity contribution is -0.119. The summed E-state index contributed by atoms with van der Waals surface area (Å²) in [7, 11) is -3.93. The van der Waals surface area contributed by atoms with Gasteiger partial charge in [-0.3, -0.25) is 4.79 Å². The van der Waals surface area contributed by atoms with Crippen LogP contribution in [0.4, 0.5) is 0 Å². The lowest BCUT2D eigenvalue weighted by Crippen LogP contribution is -2.40. The maximum absolute atomic E-state index is 13.6. The molecule has 9 heteroatoms. The molecule has 1 aliphatic heterocycles. The van der Waals surface area contributed by atoms with Gasteiger partial charge in [0.05, 0.1) is 27.0 Å². The minimum absolute atomic E-state index is 0.0485. The van der Waals surface area contributed by atoms with Crippen molar-refractivity contribution in [3.8, 4) is 0 Å². The van der Waals surface area contributed by atoms with E-state index in [2.05, 4.69) is 30.3 Å². The van der Waals surface area contributed by atoms with E-state index < -0.39 is 26.1 Å². The molecule has 2 aromatic rings. The van der Waals surface area contributed by atoms with E-state index in [1.54, 1.807) is 32.1 Å². The number of sulfone groups is 1. The Morgan fingerprint density at radius 1 is 1.17 bits per heavy atom. The summed E-state index contributed by atoms with van der Waals surface area (Å²) in [6.45, 7) is 13.6. The molecular formula is C26H36N3O4PS. The van der Waals surface area contributed by atoms with E-state index in [4.69, 9.17) is 4.98 Å². The zero-order valence-corrected chi connectivity index (χ0v) is 23.5. The molecule has 0 saturated heterocycles. The normalized spacial score (nSPS) is 19.3. The lowest BCUT2D eigenvalue weighted by atomic mass is 9.92. The average Bonchev–Trinajstić information content (AvgIpc) is 3.44. The van der Waals surface area contributed by atoms with Crippen molar-refractivity contribution in [1.82, 2.24) is 9.55 Å². The van der Waals surface area contributed by atoms with Gasteiger partial charge in [-0.05, 0) is 90.0 Å². The molecule has 0 radical (unpaired) electrons. The maximum atomic E-state index is 13.6. The van der Waals surface area contributed by atoms with Crippen molar-refractivity contribution < 1.29 is 18.3 Å². The molecule has 4 rings (SSSR count). The van der Waals surface area contributed by atoms with Gasteiger partial charge in [0, 0.05) is 13.0 Å². The Hall–Kier alpha value is -1.89. The van der Waals surface area contributed by atoms with Crippen LogP contribution >= 0.6 is 8.58 Å². The number of rotatable bonds is 7. The van der Waals surface area contributed by atoms with Gasteiger partial charge in [-0.25, -0.2) is 18.4 Å². The third-order valence-electron chi connectivity index (χ3n) is 6.55. The van der Waals surface area contributed by atoms with E-state index in [0.29, 0.717) is 16.9 Å². The monoisotopic (exact) mass is 517 g/mol. The van der Waals surface area contributed by atoms with Crippen LogP contribution < -0.4 is 0 Å². The largest absolute Gasteiger partial charge is 0.386 e. The summed E-state index contributed by atoms with van der Waals surface area (Å²) in [6, 6.07) is 5.00. The van der Waals surface area contributed by atoms with Crippen LogP contribution in [-0.4, -0.2) is 44.8 Å². The third kappa shape index (κ3) is 5.30. The predicted octanol–water partition coefficient (Wildman–Crippen LogP) is 4.86. The van der Waals surface area contributed by atoms with Crippen molar-refractivity contribution in [3.63, 3.8) is 0 Å². The number of fused-ring (bicyclic) bond motifs is 1. The Kier molecular flexibility index (Phi) is 6.43. The molecule has 2 aliphatic rings. The van der Waals surface area contributed by atoms with Gasteiger partial charge >= 0.3 is 0 Å². The lowest BCUT2D eigenvalue weighted by Gasteiger charge is -2.28. The van der Waals surface area contributed by atoms with Gasteiger partial charge in [-0.1, -0.05) is 20.8 Å². The van der Waals surface area contributed by atoms with Crippen molar-refractivity contribution in [2.24, 2.45) is 16.3 Å². The zero-order valence-electron chi connectivity index (χ0n) is 21.6. The van der Waals surface area contributed by atoms with Crippen LogP contribution in [0.2, 0.25) is 0 Å². The molecular weight excluding hydrogens is 481 g/mol. The second-order valence-corrected chi connectivity index (χ2v) is 15.8. The summed E-state index contributed by atoms with van der Waals surface area (Å²) < 4.78 is 27.7. The van der Waals surface area contributed by atoms with Crippen molar-refractivity contribution in [2.75, 3.05) is 0 Å². The molecule has 1 unspecified atom stereocenters. The molecule has 1 fully saturated rings. The highest BCUT2D eigenvalue weighted by Gasteiger charge is 2.44. The summed E-state index contributed by atoms with van der Waals surface area (Å²) in [5, 5.41) is 10.8. The molecule has 1 aliphatic carbocycles. The molecule has 1 aromatic heterocycles. The van der Waals surface area contributed by atoms with E-state index >= 15 is 0 Å². The van der Waals surface area contributed by atoms with E-state index in [-0.39, 0.29) is 18.9 Å². The first-order valence-corrected chi connectivity index (χ1v) is 14.6. The highest BCUT2D eigenvalue weighted by Crippen LogP contribution is 2.44. The van der Waals surface area contributed by atoms with Gasteiger partial charge in [0.25, 0.3) is 5.91 Å². The van der Waals surface area contributed by atoms with E-state index in [1.807, 2.05) is 6.07 Å². The first-order valence-electron chi connectivity index (χ1n) is 12.1. The zero-order chi connectivity index (χ0) is 26.0. The quantitative estimate of drug-likeness (QED) is 0.529. The standard InChI is InChI=1S/C26H36N3O4PS/c1-24(2,3)14-21-27-18-12-17(10-11-19(18)29(21)15-16-8-9-16)35(32,33)26(6,7)23(30)28-22-13-20(34-22)25(4,5)31/h10-13,16,31,34H,8-9,14-15H2,1-7H3. The summed E-state index contributed by atoms with van der Waals surface area (Å²) in [4.78, 5) is 22.0. The summed E-state index contributed by atoms with van der Waals surface area (Å²) in [6.07, 6.45) is 4.88. The van der Waals surface area contributed by atoms with Crippen molar-refractivity contribution in [1.29, 1.82) is 0 Å². The number of benzene rings is 1. The molecule has 190 valence electrons. The second kappa shape index (κ2) is 8.60. The van der Waals surface area contributed by atoms with Crippen LogP contribution in [0, 0.1) is 11.3 Å². The van der Waals surface area contributed by atoms with E-state index in [0.717, 1.165) is 29.6 Å². The van der Waals surface area contributed by atoms with E-state index in [1.165, 1.54) is 26.7 Å². The van der Waals surface area contributed by atoms with Crippen molar-refractivity contribution in [2.45, 2.75) is 89.5 Å². The third-order valence-corrected chi connectivity index (χ3v) is 10.5. The average molecular weight is 518 g/mol. The number of hydrogen-bond acceptors (Lipinski definition) is 5. The van der Waals surface area contributed by atoms with Gasteiger partial charge in [-0.2, -0.15) is 0 Å². The summed E-state index contributed by atoms with van der Waals surface area (Å²) in [5.74, 6) is 0.915. The van der Waals surface area contributed by atoms with Gasteiger partial charge in [0.15, 0.2) is 14.6 Å². The number of carbonyl (C=O) groups excluding carboxylic acids is 1. The fourth-order valence-electron chi connectivity index (χ4n) is 4.01. The molecule has 0 spiro atoms. The van der Waals surface area contributed by atoms with Crippen LogP contribution in [0.3, 0.4) is 0 Å². The number of nitrogens with zero attached hydrogens (tertiary/aromatic N) is 3. The van der Waals surface area contributed by atoms with Crippen LogP contribution in [0.1, 0.15) is 67.1 Å². The molecule has 1 N–H and O–H groups in total. The Morgan fingerprint density at radius 2 is 1.80 bits per heavy atom. The maximum Gasteiger partial charge on any atom is 0.267 e. The summed E-state index contributed by atoms with van der Waals surface area (Å²) >= 11 is 0. The number of allylic oxidation sites excluding steroid dienone is 1. The fraction of sp³-hybridized carbons (Fsp3) is 0.577. The van der Waals surface area contributed by atoms with Gasteiger partial charge in [-0.15, -0.1) is 0 Å². The molecule has 1 saturated carbocycles. The number of carbonyl (C=O) groups is 1. The van der Waals surface area contributed by atoms with Crippen LogP contribution in [0.5, 0.6) is 0 Å². The molecule has 7 nitrogen and oxygen atoms in total. The minimum Gasteiger partial charge on any atom is -0.386 e. The Balaban J connectivity index is 1.67. The van der Waals surface area contributed by atoms with Gasteiger partial charge in [0.1, 0.15) is 5.82 Å². The molecule has 2 heterocycles. The molecule has 0 bridgehead atoms. The van der Waals surface area contributed by atoms with Gasteiger partial charge in [0.2, 0.25) is 0 Å². The van der Waals surface area contributed by atoms with Crippen molar-refractivity contribution >= 4 is 40.8 Å². The Labute approximate surface area is 209 Å². The van der Waals surface area contributed by atoms with E-state index in [9.17, 15) is 18.3 Å². The number of aromatic nitrogens is 2. The first-order chi connectivity index (χ1) is 16.0. The SMILES string of the molecule is CC(C)(C)Cc1nc2cc(S(=O)(=O)C(C)(C)C(=O)N=C3C=C(C(C)(C)O)P3)ccc2n1CC1CC1. The Morgan fingerprint density at radius 3 is 2.34 bits per heavy atom. The molecule has 1 atom stereocenters. The second-order valence-electron chi connectivity index (χ2n) is 12.0. The Bertz CT molecular complexity index is 1350. The predicted molar refractivity (Wildman–Crippen MR) is 142 cm³/mol. The van der Waals surface area contributed by atoms with Gasteiger partial charge < -0.3 is 9.67 Å². The summed E-state index contributed by atoms with van der Waals surface area (Å²) in [5.41, 5.74) is 1.16. The number of hydrogen-bond donors (Lipinski definition) is 1. The number of aliphatic hydroxyl groups is 1. The molecule has 1 aromatic carbocycles. The van der Waals surface area contributed by atoms with Crippen molar-refractivity contribution in [3.05, 3.63) is 35.4 Å². The highest BCUT2D eigenvalue weighted by molar-refractivity contribution is 7.93. The first kappa shape index (κ1) is 26.2. The number of amides is 1. The number of imidazole rings is 1. The highest BCUT2D eigenvalue weighted by atomic mass is 32.2. The number of aliphatic imine (C=N–C) groups is 1. The van der Waals surface area contributed by atoms with Crippen LogP contribution in [0.15, 0.2) is 39.5 Å². The smallest absolute Gasteiger partial charge is 0.267 e.